The van der Waals surface area contributed by atoms with Crippen molar-refractivity contribution in [3.05, 3.63) is 35.4 Å². The molecule has 0 aromatic heterocycles. The predicted molar refractivity (Wildman–Crippen MR) is 71.2 cm³/mol. The molecule has 2 N–H and O–H groups in total. The first-order chi connectivity index (χ1) is 9.40. The fraction of sp³-hybridized carbons (Fsp3) is 0.429. The van der Waals surface area contributed by atoms with Crippen LogP contribution in [0.3, 0.4) is 0 Å². The number of benzene rings is 1. The summed E-state index contributed by atoms with van der Waals surface area (Å²) in [5.41, 5.74) is -0.417. The highest BCUT2D eigenvalue weighted by atomic mass is 19.1. The quantitative estimate of drug-likeness (QED) is 0.837. The molecular weight excluding hydrogens is 266 g/mol. The molecule has 0 bridgehead atoms. The second kappa shape index (κ2) is 7.57. The Hall–Kier alpha value is -1.98. The first-order valence-corrected chi connectivity index (χ1v) is 6.40. The van der Waals surface area contributed by atoms with Gasteiger partial charge in [0.2, 0.25) is 5.91 Å². The number of hydrogen-bond acceptors (Lipinski definition) is 2. The molecule has 0 fully saturated rings. The van der Waals surface area contributed by atoms with Crippen molar-refractivity contribution < 1.29 is 18.4 Å². The maximum atomic E-state index is 13.3. The summed E-state index contributed by atoms with van der Waals surface area (Å²) >= 11 is 0. The number of nitrogens with one attached hydrogen (secondary N) is 2. The van der Waals surface area contributed by atoms with Gasteiger partial charge in [-0.05, 0) is 30.5 Å². The highest BCUT2D eigenvalue weighted by molar-refractivity contribution is 5.96. The molecule has 0 saturated heterocycles. The predicted octanol–water partition coefficient (Wildman–Crippen LogP) is 1.86. The second-order valence-corrected chi connectivity index (χ2v) is 4.84. The van der Waals surface area contributed by atoms with Crippen molar-refractivity contribution in [2.75, 3.05) is 13.1 Å². The molecule has 1 rings (SSSR count). The van der Waals surface area contributed by atoms with E-state index in [-0.39, 0.29) is 12.5 Å². The van der Waals surface area contributed by atoms with E-state index in [2.05, 4.69) is 10.6 Å². The number of rotatable bonds is 6. The van der Waals surface area contributed by atoms with Crippen LogP contribution in [-0.4, -0.2) is 24.9 Å². The molecule has 0 unspecified atom stereocenters. The van der Waals surface area contributed by atoms with E-state index < -0.39 is 23.1 Å². The van der Waals surface area contributed by atoms with E-state index in [0.29, 0.717) is 12.5 Å². The number of amides is 2. The van der Waals surface area contributed by atoms with Gasteiger partial charge in [0, 0.05) is 6.54 Å². The lowest BCUT2D eigenvalue weighted by atomic mass is 10.1. The van der Waals surface area contributed by atoms with Gasteiger partial charge >= 0.3 is 0 Å². The van der Waals surface area contributed by atoms with Gasteiger partial charge in [-0.1, -0.05) is 13.8 Å². The first kappa shape index (κ1) is 16.1. The Balaban J connectivity index is 2.43. The van der Waals surface area contributed by atoms with E-state index in [4.69, 9.17) is 0 Å². The van der Waals surface area contributed by atoms with Crippen molar-refractivity contribution in [2.24, 2.45) is 5.92 Å². The summed E-state index contributed by atoms with van der Waals surface area (Å²) in [5.74, 6) is -2.26. The van der Waals surface area contributed by atoms with Gasteiger partial charge in [-0.3, -0.25) is 9.59 Å². The van der Waals surface area contributed by atoms with Crippen LogP contribution >= 0.6 is 0 Å². The monoisotopic (exact) mass is 284 g/mol. The van der Waals surface area contributed by atoms with Crippen molar-refractivity contribution in [1.29, 1.82) is 0 Å². The summed E-state index contributed by atoms with van der Waals surface area (Å²) < 4.78 is 26.2. The maximum Gasteiger partial charge on any atom is 0.254 e. The maximum absolute atomic E-state index is 13.3. The molecule has 0 heterocycles. The van der Waals surface area contributed by atoms with Gasteiger partial charge in [-0.25, -0.2) is 8.78 Å². The molecule has 0 aliphatic carbocycles. The van der Waals surface area contributed by atoms with Gasteiger partial charge in [0.15, 0.2) is 0 Å². The minimum absolute atomic E-state index is 0.271. The summed E-state index contributed by atoms with van der Waals surface area (Å²) in [7, 11) is 0. The third-order valence-electron chi connectivity index (χ3n) is 2.63. The average Bonchev–Trinajstić information content (AvgIpc) is 2.38. The summed E-state index contributed by atoms with van der Waals surface area (Å²) in [6, 6.07) is 2.58. The van der Waals surface area contributed by atoms with Gasteiger partial charge in [0.25, 0.3) is 5.91 Å². The number of carbonyl (C=O) groups excluding carboxylic acids is 2. The van der Waals surface area contributed by atoms with Gasteiger partial charge in [-0.2, -0.15) is 0 Å². The molecule has 0 atom stereocenters. The van der Waals surface area contributed by atoms with E-state index in [1.807, 2.05) is 13.8 Å². The Morgan fingerprint density at radius 1 is 1.20 bits per heavy atom. The van der Waals surface area contributed by atoms with E-state index >= 15 is 0 Å². The lowest BCUT2D eigenvalue weighted by molar-refractivity contribution is -0.120. The van der Waals surface area contributed by atoms with Crippen LogP contribution in [0.4, 0.5) is 8.78 Å². The molecule has 0 aliphatic heterocycles. The minimum Gasteiger partial charge on any atom is -0.355 e. The van der Waals surface area contributed by atoms with Gasteiger partial charge in [-0.15, -0.1) is 0 Å². The first-order valence-electron chi connectivity index (χ1n) is 6.40. The van der Waals surface area contributed by atoms with Crippen LogP contribution in [0.1, 0.15) is 30.6 Å². The Bertz CT molecular complexity index is 490. The van der Waals surface area contributed by atoms with E-state index in [1.165, 1.54) is 0 Å². The Kier molecular flexibility index (Phi) is 6.09. The molecule has 0 radical (unpaired) electrons. The summed E-state index contributed by atoms with van der Waals surface area (Å²) in [6.45, 7) is 4.30. The largest absolute Gasteiger partial charge is 0.355 e. The minimum atomic E-state index is -0.830. The Morgan fingerprint density at radius 3 is 2.55 bits per heavy atom. The van der Waals surface area contributed by atoms with Gasteiger partial charge in [0.05, 0.1) is 12.1 Å². The SMILES string of the molecule is CC(C)CCNC(=O)CNC(=O)c1cc(F)ccc1F. The lowest BCUT2D eigenvalue weighted by Gasteiger charge is -2.08. The number of hydrogen-bond donors (Lipinski definition) is 2. The molecule has 110 valence electrons. The summed E-state index contributed by atoms with van der Waals surface area (Å²) in [5, 5.41) is 4.87. The summed E-state index contributed by atoms with van der Waals surface area (Å²) in [4.78, 5) is 23.0. The van der Waals surface area contributed by atoms with Crippen molar-refractivity contribution in [3.63, 3.8) is 0 Å². The van der Waals surface area contributed by atoms with Crippen LogP contribution in [-0.2, 0) is 4.79 Å². The average molecular weight is 284 g/mol. The Labute approximate surface area is 116 Å². The van der Waals surface area contributed by atoms with Crippen LogP contribution < -0.4 is 10.6 Å². The molecule has 0 aliphatic rings. The van der Waals surface area contributed by atoms with Crippen molar-refractivity contribution >= 4 is 11.8 Å². The molecular formula is C14H18F2N2O2. The van der Waals surface area contributed by atoms with E-state index in [9.17, 15) is 18.4 Å². The highest BCUT2D eigenvalue weighted by Gasteiger charge is 2.13. The van der Waals surface area contributed by atoms with Crippen LogP contribution in [0.25, 0.3) is 0 Å². The van der Waals surface area contributed by atoms with Crippen LogP contribution in [0.15, 0.2) is 18.2 Å². The van der Waals surface area contributed by atoms with Crippen LogP contribution in [0.5, 0.6) is 0 Å². The second-order valence-electron chi connectivity index (χ2n) is 4.84. The van der Waals surface area contributed by atoms with E-state index in [1.54, 1.807) is 0 Å². The smallest absolute Gasteiger partial charge is 0.254 e. The van der Waals surface area contributed by atoms with Crippen molar-refractivity contribution in [3.8, 4) is 0 Å². The molecule has 2 amide bonds. The molecule has 20 heavy (non-hydrogen) atoms. The third-order valence-corrected chi connectivity index (χ3v) is 2.63. The zero-order valence-electron chi connectivity index (χ0n) is 11.5. The molecule has 6 heteroatoms. The number of carbonyl (C=O) groups is 2. The molecule has 1 aromatic rings. The number of halogens is 2. The zero-order valence-corrected chi connectivity index (χ0v) is 11.5. The molecule has 1 aromatic carbocycles. The normalized spacial score (nSPS) is 10.4. The lowest BCUT2D eigenvalue weighted by Crippen LogP contribution is -2.37. The van der Waals surface area contributed by atoms with Gasteiger partial charge < -0.3 is 10.6 Å². The van der Waals surface area contributed by atoms with Gasteiger partial charge in [0.1, 0.15) is 11.6 Å². The third kappa shape index (κ3) is 5.34. The zero-order chi connectivity index (χ0) is 15.1. The van der Waals surface area contributed by atoms with Crippen molar-refractivity contribution in [1.82, 2.24) is 10.6 Å². The van der Waals surface area contributed by atoms with Crippen molar-refractivity contribution in [2.45, 2.75) is 20.3 Å². The Morgan fingerprint density at radius 2 is 1.90 bits per heavy atom. The van der Waals surface area contributed by atoms with Crippen LogP contribution in [0.2, 0.25) is 0 Å². The fourth-order valence-corrected chi connectivity index (χ4v) is 1.49. The fourth-order valence-electron chi connectivity index (χ4n) is 1.49. The standard InChI is InChI=1S/C14H18F2N2O2/c1-9(2)5-6-17-13(19)8-18-14(20)11-7-10(15)3-4-12(11)16/h3-4,7,9H,5-6,8H2,1-2H3,(H,17,19)(H,18,20). The topological polar surface area (TPSA) is 58.2 Å². The summed E-state index contributed by atoms with van der Waals surface area (Å²) in [6.07, 6.45) is 0.832. The molecule has 4 nitrogen and oxygen atoms in total. The highest BCUT2D eigenvalue weighted by Crippen LogP contribution is 2.09. The molecule has 0 saturated carbocycles. The van der Waals surface area contributed by atoms with Crippen LogP contribution in [0, 0.1) is 17.6 Å². The van der Waals surface area contributed by atoms with E-state index in [0.717, 1.165) is 24.6 Å². The molecule has 0 spiro atoms.